The molecule has 0 unspecified atom stereocenters. The van der Waals surface area contributed by atoms with Crippen molar-refractivity contribution in [1.29, 1.82) is 0 Å². The van der Waals surface area contributed by atoms with Crippen molar-refractivity contribution in [1.82, 2.24) is 10.3 Å². The summed E-state index contributed by atoms with van der Waals surface area (Å²) in [5.41, 5.74) is 3.12. The second-order valence-electron chi connectivity index (χ2n) is 8.26. The van der Waals surface area contributed by atoms with Gasteiger partial charge in [0.15, 0.2) is 5.75 Å². The van der Waals surface area contributed by atoms with Crippen molar-refractivity contribution >= 4 is 17.5 Å². The maximum atomic E-state index is 13.3. The van der Waals surface area contributed by atoms with Gasteiger partial charge in [0.1, 0.15) is 11.3 Å². The molecule has 7 nitrogen and oxygen atoms in total. The van der Waals surface area contributed by atoms with Gasteiger partial charge in [-0.25, -0.2) is 4.98 Å². The van der Waals surface area contributed by atoms with E-state index in [1.807, 2.05) is 49.4 Å². The Morgan fingerprint density at radius 1 is 1.15 bits per heavy atom. The average Bonchev–Trinajstić information content (AvgIpc) is 2.96. The Kier molecular flexibility index (Phi) is 7.42. The molecule has 1 aromatic heterocycles. The summed E-state index contributed by atoms with van der Waals surface area (Å²) in [6.07, 6.45) is 3.39. The number of carbonyl (C=O) groups excluding carboxylic acids is 2. The molecule has 176 valence electrons. The number of carbonyl (C=O) groups is 2. The molecule has 4 rings (SSSR count). The third kappa shape index (κ3) is 5.54. The fourth-order valence-corrected chi connectivity index (χ4v) is 3.75. The molecule has 0 radical (unpaired) electrons. The third-order valence-electron chi connectivity index (χ3n) is 5.53. The number of ether oxygens (including phenoxy) is 2. The molecule has 0 aliphatic carbocycles. The van der Waals surface area contributed by atoms with Crippen LogP contribution in [-0.4, -0.2) is 29.9 Å². The van der Waals surface area contributed by atoms with Crippen LogP contribution in [0.25, 0.3) is 0 Å². The fraction of sp³-hybridized carbons (Fsp3) is 0.296. The first-order chi connectivity index (χ1) is 16.5. The van der Waals surface area contributed by atoms with Gasteiger partial charge in [-0.1, -0.05) is 25.1 Å². The van der Waals surface area contributed by atoms with E-state index in [2.05, 4.69) is 17.2 Å². The predicted octanol–water partition coefficient (Wildman–Crippen LogP) is 5.03. The van der Waals surface area contributed by atoms with Gasteiger partial charge < -0.3 is 19.7 Å². The van der Waals surface area contributed by atoms with Gasteiger partial charge in [-0.3, -0.25) is 9.59 Å². The SMILES string of the molecule is CCCOc1ccc(CNC(=O)CCCN2C(=O)c3cccnc3Oc3ccc(C)cc32)cc1. The van der Waals surface area contributed by atoms with Crippen molar-refractivity contribution in [2.45, 2.75) is 39.7 Å². The number of pyridine rings is 1. The first kappa shape index (κ1) is 23.3. The highest BCUT2D eigenvalue weighted by Gasteiger charge is 2.28. The topological polar surface area (TPSA) is 80.8 Å². The number of nitrogens with one attached hydrogen (secondary N) is 1. The lowest BCUT2D eigenvalue weighted by Crippen LogP contribution is -2.32. The van der Waals surface area contributed by atoms with Crippen molar-refractivity contribution in [3.8, 4) is 17.4 Å². The van der Waals surface area contributed by atoms with Crippen LogP contribution < -0.4 is 19.7 Å². The second kappa shape index (κ2) is 10.8. The molecule has 1 aliphatic rings. The Bertz CT molecular complexity index is 1160. The monoisotopic (exact) mass is 459 g/mol. The minimum absolute atomic E-state index is 0.0589. The standard InChI is InChI=1S/C27H29N3O4/c1-3-16-33-21-11-9-20(10-12-21)18-29-25(31)7-5-15-30-23-17-19(2)8-13-24(23)34-26-22(27(30)32)6-4-14-28-26/h4,6,8-14,17H,3,5,7,15-16,18H2,1-2H3,(H,29,31). The van der Waals surface area contributed by atoms with Gasteiger partial charge in [0.05, 0.1) is 12.3 Å². The van der Waals surface area contributed by atoms with Crippen LogP contribution in [0.4, 0.5) is 5.69 Å². The van der Waals surface area contributed by atoms with E-state index in [4.69, 9.17) is 9.47 Å². The highest BCUT2D eigenvalue weighted by atomic mass is 16.5. The zero-order valence-corrected chi connectivity index (χ0v) is 19.5. The van der Waals surface area contributed by atoms with Gasteiger partial charge >= 0.3 is 0 Å². The average molecular weight is 460 g/mol. The Hall–Kier alpha value is -3.87. The molecule has 0 atom stereocenters. The first-order valence-electron chi connectivity index (χ1n) is 11.6. The summed E-state index contributed by atoms with van der Waals surface area (Å²) < 4.78 is 11.5. The van der Waals surface area contributed by atoms with Gasteiger partial charge in [-0.15, -0.1) is 0 Å². The van der Waals surface area contributed by atoms with Crippen molar-refractivity contribution in [2.75, 3.05) is 18.1 Å². The summed E-state index contributed by atoms with van der Waals surface area (Å²) >= 11 is 0. The number of anilines is 1. The predicted molar refractivity (Wildman–Crippen MR) is 130 cm³/mol. The molecule has 7 heteroatoms. The fourth-order valence-electron chi connectivity index (χ4n) is 3.75. The van der Waals surface area contributed by atoms with Crippen LogP contribution in [0.2, 0.25) is 0 Å². The van der Waals surface area contributed by atoms with Gasteiger partial charge in [0, 0.05) is 25.7 Å². The Morgan fingerprint density at radius 2 is 1.97 bits per heavy atom. The van der Waals surface area contributed by atoms with Crippen LogP contribution in [0.5, 0.6) is 17.4 Å². The number of amides is 2. The maximum absolute atomic E-state index is 13.3. The molecule has 2 heterocycles. The molecule has 3 aromatic rings. The summed E-state index contributed by atoms with van der Waals surface area (Å²) in [6.45, 7) is 5.56. The molecule has 1 aliphatic heterocycles. The summed E-state index contributed by atoms with van der Waals surface area (Å²) in [5, 5.41) is 2.95. The third-order valence-corrected chi connectivity index (χ3v) is 5.53. The van der Waals surface area contributed by atoms with Crippen LogP contribution in [0.1, 0.15) is 47.7 Å². The van der Waals surface area contributed by atoms with E-state index >= 15 is 0 Å². The summed E-state index contributed by atoms with van der Waals surface area (Å²) in [6, 6.07) is 16.9. The zero-order chi connectivity index (χ0) is 23.9. The number of aryl methyl sites for hydroxylation is 1. The van der Waals surface area contributed by atoms with E-state index in [0.29, 0.717) is 55.4 Å². The lowest BCUT2D eigenvalue weighted by atomic mass is 10.1. The van der Waals surface area contributed by atoms with E-state index in [0.717, 1.165) is 23.3 Å². The van der Waals surface area contributed by atoms with E-state index in [9.17, 15) is 9.59 Å². The molecule has 2 amide bonds. The quantitative estimate of drug-likeness (QED) is 0.486. The van der Waals surface area contributed by atoms with Crippen LogP contribution in [0, 0.1) is 6.92 Å². The summed E-state index contributed by atoms with van der Waals surface area (Å²) in [4.78, 5) is 31.6. The normalized spacial score (nSPS) is 12.3. The van der Waals surface area contributed by atoms with Crippen LogP contribution in [0.15, 0.2) is 60.8 Å². The first-order valence-corrected chi connectivity index (χ1v) is 11.6. The molecule has 1 N–H and O–H groups in total. The van der Waals surface area contributed by atoms with E-state index in [-0.39, 0.29) is 11.8 Å². The number of fused-ring (bicyclic) bond motifs is 2. The molecule has 0 fully saturated rings. The van der Waals surface area contributed by atoms with Gasteiger partial charge in [0.25, 0.3) is 5.91 Å². The van der Waals surface area contributed by atoms with Gasteiger partial charge in [-0.2, -0.15) is 0 Å². The van der Waals surface area contributed by atoms with E-state index < -0.39 is 0 Å². The smallest absolute Gasteiger partial charge is 0.263 e. The van der Waals surface area contributed by atoms with Crippen molar-refractivity contribution in [3.63, 3.8) is 0 Å². The second-order valence-corrected chi connectivity index (χ2v) is 8.26. The number of hydrogen-bond donors (Lipinski definition) is 1. The largest absolute Gasteiger partial charge is 0.494 e. The number of aromatic nitrogens is 1. The van der Waals surface area contributed by atoms with Crippen molar-refractivity contribution in [2.24, 2.45) is 0 Å². The van der Waals surface area contributed by atoms with Crippen LogP contribution >= 0.6 is 0 Å². The lowest BCUT2D eigenvalue weighted by Gasteiger charge is -2.22. The van der Waals surface area contributed by atoms with Crippen molar-refractivity contribution in [3.05, 3.63) is 77.5 Å². The zero-order valence-electron chi connectivity index (χ0n) is 19.5. The van der Waals surface area contributed by atoms with Gasteiger partial charge in [-0.05, 0) is 67.3 Å². The van der Waals surface area contributed by atoms with Crippen molar-refractivity contribution < 1.29 is 19.1 Å². The summed E-state index contributed by atoms with van der Waals surface area (Å²) in [5.74, 6) is 1.46. The molecule has 0 spiro atoms. The molecule has 0 saturated carbocycles. The molecular formula is C27H29N3O4. The minimum atomic E-state index is -0.182. The molecule has 2 aromatic carbocycles. The Balaban J connectivity index is 1.35. The Labute approximate surface area is 199 Å². The molecule has 0 saturated heterocycles. The highest BCUT2D eigenvalue weighted by molar-refractivity contribution is 6.09. The maximum Gasteiger partial charge on any atom is 0.263 e. The molecule has 0 bridgehead atoms. The number of nitrogens with zero attached hydrogens (tertiary/aromatic N) is 2. The van der Waals surface area contributed by atoms with E-state index in [1.54, 1.807) is 23.2 Å². The number of benzene rings is 2. The Morgan fingerprint density at radius 3 is 2.76 bits per heavy atom. The lowest BCUT2D eigenvalue weighted by molar-refractivity contribution is -0.121. The number of rotatable bonds is 9. The minimum Gasteiger partial charge on any atom is -0.494 e. The summed E-state index contributed by atoms with van der Waals surface area (Å²) in [7, 11) is 0. The van der Waals surface area contributed by atoms with Crippen LogP contribution in [0.3, 0.4) is 0 Å². The van der Waals surface area contributed by atoms with E-state index in [1.165, 1.54) is 0 Å². The number of hydrogen-bond acceptors (Lipinski definition) is 5. The van der Waals surface area contributed by atoms with Gasteiger partial charge in [0.2, 0.25) is 11.8 Å². The van der Waals surface area contributed by atoms with Crippen LogP contribution in [-0.2, 0) is 11.3 Å². The highest BCUT2D eigenvalue weighted by Crippen LogP contribution is 2.38. The molecule has 34 heavy (non-hydrogen) atoms. The molecular weight excluding hydrogens is 430 g/mol.